The average molecular weight is 543 g/mol. The van der Waals surface area contributed by atoms with Gasteiger partial charge in [-0.05, 0) is 43.7 Å². The first-order chi connectivity index (χ1) is 18.7. The van der Waals surface area contributed by atoms with E-state index in [1.807, 2.05) is 43.3 Å². The molecule has 0 spiro atoms. The van der Waals surface area contributed by atoms with Crippen LogP contribution in [-0.2, 0) is 35.3 Å². The molecule has 4 N–H and O–H groups in total. The van der Waals surface area contributed by atoms with Crippen LogP contribution >= 0.6 is 0 Å². The van der Waals surface area contributed by atoms with Crippen LogP contribution in [0.4, 0.5) is 0 Å². The maximum Gasteiger partial charge on any atom is 0.320 e. The zero-order valence-electron chi connectivity index (χ0n) is 22.2. The molecule has 0 bridgehead atoms. The molecule has 4 atom stereocenters. The molecule has 39 heavy (non-hydrogen) atoms. The van der Waals surface area contributed by atoms with Gasteiger partial charge in [0.1, 0.15) is 25.3 Å². The largest absolute Gasteiger partial charge is 0.480 e. The normalized spacial score (nSPS) is 18.5. The van der Waals surface area contributed by atoms with E-state index in [0.29, 0.717) is 12.8 Å². The minimum absolute atomic E-state index is 0.0228. The number of carbonyl (C=O) groups is 4. The summed E-state index contributed by atoms with van der Waals surface area (Å²) in [5.74, 6) is -3.23. The van der Waals surface area contributed by atoms with Gasteiger partial charge in [-0.25, -0.2) is 0 Å². The van der Waals surface area contributed by atoms with Crippen LogP contribution < -0.4 is 10.6 Å². The second-order valence-electron chi connectivity index (χ2n) is 9.26. The highest BCUT2D eigenvalue weighted by Gasteiger charge is 2.36. The van der Waals surface area contributed by atoms with Crippen molar-refractivity contribution in [2.75, 3.05) is 6.61 Å². The van der Waals surface area contributed by atoms with E-state index in [9.17, 15) is 29.4 Å². The quantitative estimate of drug-likeness (QED) is 0.161. The fraction of sp³-hybridized carbons (Fsp3) is 0.448. The number of carboxylic acid groups (broad SMARTS) is 2. The minimum atomic E-state index is -1.11. The molecule has 212 valence electrons. The van der Waals surface area contributed by atoms with Gasteiger partial charge < -0.3 is 30.3 Å². The minimum Gasteiger partial charge on any atom is -0.480 e. The van der Waals surface area contributed by atoms with Gasteiger partial charge >= 0.3 is 23.9 Å². The molecule has 0 heterocycles. The van der Waals surface area contributed by atoms with E-state index < -0.39 is 36.0 Å². The van der Waals surface area contributed by atoms with Crippen LogP contribution in [-0.4, -0.2) is 64.9 Å². The summed E-state index contributed by atoms with van der Waals surface area (Å²) in [4.78, 5) is 47.8. The van der Waals surface area contributed by atoms with Gasteiger partial charge in [0.05, 0.1) is 0 Å². The Morgan fingerprint density at radius 1 is 0.949 bits per heavy atom. The van der Waals surface area contributed by atoms with Crippen molar-refractivity contribution in [3.05, 3.63) is 72.4 Å². The first-order valence-corrected chi connectivity index (χ1v) is 13.0. The van der Waals surface area contributed by atoms with Crippen molar-refractivity contribution in [3.63, 3.8) is 0 Å². The Balaban J connectivity index is 1.79. The van der Waals surface area contributed by atoms with Gasteiger partial charge in [0.15, 0.2) is 0 Å². The Morgan fingerprint density at radius 3 is 1.95 bits per heavy atom. The topological polar surface area (TPSA) is 151 Å². The highest BCUT2D eigenvalue weighted by atomic mass is 16.5. The summed E-state index contributed by atoms with van der Waals surface area (Å²) < 4.78 is 10.4. The zero-order chi connectivity index (χ0) is 28.6. The number of hydrogen-bond acceptors (Lipinski definition) is 8. The molecule has 10 nitrogen and oxygen atoms in total. The molecule has 4 unspecified atom stereocenters. The fourth-order valence-electron chi connectivity index (χ4n) is 3.94. The molecule has 2 rings (SSSR count). The van der Waals surface area contributed by atoms with Crippen molar-refractivity contribution >= 4 is 23.9 Å². The molecule has 1 aromatic carbocycles. The second kappa shape index (κ2) is 17.0. The number of rotatable bonds is 18. The predicted octanol–water partition coefficient (Wildman–Crippen LogP) is 3.14. The standard InChI is InChI=1S/C29H38N2O8/c1-3-5-9-20(4-2)18-38-26(32)16-14-24(28(34)35)30-22-12-13-23(22)31-25(29(36)37)15-17-27(33)39-19-21-10-7-6-8-11-21/h3-11,22-25,30-31H,2,12-19H2,1H3,(H,34,35)(H,36,37)/b5-3-,20-9+. The van der Waals surface area contributed by atoms with Crippen molar-refractivity contribution < 1.29 is 38.9 Å². The van der Waals surface area contributed by atoms with Gasteiger partial charge in [-0.3, -0.25) is 19.2 Å². The third-order valence-electron chi connectivity index (χ3n) is 6.38. The van der Waals surface area contributed by atoms with Crippen molar-refractivity contribution in [2.45, 2.75) is 76.2 Å². The Hall–Kier alpha value is -3.76. The van der Waals surface area contributed by atoms with Gasteiger partial charge in [-0.15, -0.1) is 0 Å². The van der Waals surface area contributed by atoms with Gasteiger partial charge in [-0.2, -0.15) is 0 Å². The van der Waals surface area contributed by atoms with Crippen molar-refractivity contribution in [2.24, 2.45) is 0 Å². The highest BCUT2D eigenvalue weighted by molar-refractivity contribution is 5.76. The zero-order valence-corrected chi connectivity index (χ0v) is 22.2. The first kappa shape index (κ1) is 31.5. The number of aliphatic carboxylic acids is 2. The molecule has 0 radical (unpaired) electrons. The van der Waals surface area contributed by atoms with Crippen LogP contribution in [0.15, 0.2) is 66.8 Å². The molecule has 0 saturated heterocycles. The Kier molecular flexibility index (Phi) is 13.7. The van der Waals surface area contributed by atoms with Crippen LogP contribution in [0.25, 0.3) is 0 Å². The van der Waals surface area contributed by atoms with Crippen LogP contribution in [0, 0.1) is 0 Å². The molecule has 1 aliphatic carbocycles. The fourth-order valence-corrected chi connectivity index (χ4v) is 3.94. The summed E-state index contributed by atoms with van der Waals surface area (Å²) in [5.41, 5.74) is 1.56. The molecule has 1 aliphatic rings. The number of hydrogen-bond donors (Lipinski definition) is 4. The van der Waals surface area contributed by atoms with Crippen LogP contribution in [0.1, 0.15) is 51.0 Å². The molecule has 0 aromatic heterocycles. The molecule has 0 aliphatic heterocycles. The van der Waals surface area contributed by atoms with Crippen molar-refractivity contribution in [3.8, 4) is 0 Å². The number of carboxylic acids is 2. The molecule has 1 saturated carbocycles. The first-order valence-electron chi connectivity index (χ1n) is 13.0. The summed E-state index contributed by atoms with van der Waals surface area (Å²) in [6, 6.07) is 6.62. The summed E-state index contributed by atoms with van der Waals surface area (Å²) in [5, 5.41) is 25.3. The molecule has 1 aromatic rings. The van der Waals surface area contributed by atoms with Crippen LogP contribution in [0.5, 0.6) is 0 Å². The third-order valence-corrected chi connectivity index (χ3v) is 6.38. The van der Waals surface area contributed by atoms with Crippen LogP contribution in [0.2, 0.25) is 0 Å². The Morgan fingerprint density at radius 2 is 1.49 bits per heavy atom. The van der Waals surface area contributed by atoms with Gasteiger partial charge in [0.2, 0.25) is 0 Å². The van der Waals surface area contributed by atoms with E-state index in [1.165, 1.54) is 0 Å². The van der Waals surface area contributed by atoms with E-state index >= 15 is 0 Å². The van der Waals surface area contributed by atoms with E-state index in [2.05, 4.69) is 17.2 Å². The monoisotopic (exact) mass is 542 g/mol. The van der Waals surface area contributed by atoms with E-state index in [0.717, 1.165) is 11.1 Å². The van der Waals surface area contributed by atoms with Crippen LogP contribution in [0.3, 0.4) is 0 Å². The summed E-state index contributed by atoms with van der Waals surface area (Å²) in [6.45, 7) is 5.69. The maximum atomic E-state index is 12.1. The van der Waals surface area contributed by atoms with E-state index in [1.54, 1.807) is 18.2 Å². The van der Waals surface area contributed by atoms with Gasteiger partial charge in [0.25, 0.3) is 0 Å². The number of ether oxygens (including phenoxy) is 2. The number of benzene rings is 1. The lowest BCUT2D eigenvalue weighted by atomic mass is 9.84. The predicted molar refractivity (Wildman–Crippen MR) is 145 cm³/mol. The molecule has 10 heteroatoms. The van der Waals surface area contributed by atoms with Gasteiger partial charge in [0, 0.05) is 24.9 Å². The second-order valence-corrected chi connectivity index (χ2v) is 9.26. The third kappa shape index (κ3) is 11.7. The molecular weight excluding hydrogens is 504 g/mol. The van der Waals surface area contributed by atoms with Crippen molar-refractivity contribution in [1.29, 1.82) is 0 Å². The average Bonchev–Trinajstić information content (AvgIpc) is 2.91. The maximum absolute atomic E-state index is 12.1. The molecule has 1 fully saturated rings. The Labute approximate surface area is 228 Å². The number of allylic oxidation sites excluding steroid dienone is 3. The number of carbonyl (C=O) groups excluding carboxylic acids is 2. The van der Waals surface area contributed by atoms with Gasteiger partial charge in [-0.1, -0.05) is 61.2 Å². The summed E-state index contributed by atoms with van der Waals surface area (Å²) in [7, 11) is 0. The smallest absolute Gasteiger partial charge is 0.320 e. The summed E-state index contributed by atoms with van der Waals surface area (Å²) >= 11 is 0. The SMILES string of the molecule is C=C/C(=C\C=C/C)COC(=O)CCC(NC1CCC1NC(CCC(=O)OCc1ccccc1)C(=O)O)C(=O)O. The molecule has 0 amide bonds. The summed E-state index contributed by atoms with van der Waals surface area (Å²) in [6.07, 6.45) is 8.17. The van der Waals surface area contributed by atoms with E-state index in [4.69, 9.17) is 9.47 Å². The van der Waals surface area contributed by atoms with E-state index in [-0.39, 0.29) is 51.0 Å². The molecular formula is C29H38N2O8. The Bertz CT molecular complexity index is 1040. The highest BCUT2D eigenvalue weighted by Crippen LogP contribution is 2.23. The lowest BCUT2D eigenvalue weighted by molar-refractivity contribution is -0.147. The lowest BCUT2D eigenvalue weighted by Crippen LogP contribution is -2.61. The number of esters is 2. The lowest BCUT2D eigenvalue weighted by Gasteiger charge is -2.41. The number of nitrogens with one attached hydrogen (secondary N) is 2. The van der Waals surface area contributed by atoms with Crippen molar-refractivity contribution in [1.82, 2.24) is 10.6 Å².